The quantitative estimate of drug-likeness (QED) is 0.865. The lowest BCUT2D eigenvalue weighted by Gasteiger charge is -2.00. The third kappa shape index (κ3) is 2.81. The highest BCUT2D eigenvalue weighted by Crippen LogP contribution is 2.29. The molecule has 3 nitrogen and oxygen atoms in total. The van der Waals surface area contributed by atoms with E-state index in [-0.39, 0.29) is 0 Å². The van der Waals surface area contributed by atoms with Crippen molar-refractivity contribution in [1.29, 1.82) is 0 Å². The van der Waals surface area contributed by atoms with Gasteiger partial charge in [0.2, 0.25) is 0 Å². The van der Waals surface area contributed by atoms with E-state index in [2.05, 4.69) is 37.2 Å². The molecular formula is C10H10BrN3S2. The van der Waals surface area contributed by atoms with Crippen LogP contribution in [0.25, 0.3) is 0 Å². The zero-order valence-electron chi connectivity index (χ0n) is 8.90. The Bertz CT molecular complexity index is 499. The molecule has 0 aliphatic carbocycles. The van der Waals surface area contributed by atoms with E-state index in [1.54, 1.807) is 11.8 Å². The normalized spacial score (nSPS) is 10.7. The number of rotatable bonds is 3. The SMILES string of the molecule is CCc1nsc(Sc2cc(C)c(Br)cn2)n1. The van der Waals surface area contributed by atoms with Crippen molar-refractivity contribution in [3.05, 3.63) is 28.1 Å². The second-order valence-corrected chi connectivity index (χ2v) is 6.08. The number of nitrogens with zero attached hydrogens (tertiary/aromatic N) is 3. The van der Waals surface area contributed by atoms with Gasteiger partial charge in [0.1, 0.15) is 10.9 Å². The Morgan fingerprint density at radius 3 is 2.94 bits per heavy atom. The molecule has 2 aromatic heterocycles. The van der Waals surface area contributed by atoms with Crippen molar-refractivity contribution >= 4 is 39.2 Å². The van der Waals surface area contributed by atoms with Gasteiger partial charge < -0.3 is 0 Å². The summed E-state index contributed by atoms with van der Waals surface area (Å²) in [6.45, 7) is 4.10. The number of hydrogen-bond donors (Lipinski definition) is 0. The minimum atomic E-state index is 0.879. The predicted molar refractivity (Wildman–Crippen MR) is 70.1 cm³/mol. The number of aryl methyl sites for hydroxylation is 2. The first-order chi connectivity index (χ1) is 7.69. The molecule has 16 heavy (non-hydrogen) atoms. The summed E-state index contributed by atoms with van der Waals surface area (Å²) < 4.78 is 6.22. The molecule has 0 aliphatic rings. The molecule has 0 aliphatic heterocycles. The van der Waals surface area contributed by atoms with Crippen LogP contribution in [0.2, 0.25) is 0 Å². The fourth-order valence-electron chi connectivity index (χ4n) is 1.08. The van der Waals surface area contributed by atoms with Crippen molar-refractivity contribution in [2.45, 2.75) is 29.6 Å². The number of halogens is 1. The summed E-state index contributed by atoms with van der Waals surface area (Å²) in [6.07, 6.45) is 2.70. The Balaban J connectivity index is 2.17. The molecule has 0 N–H and O–H groups in total. The summed E-state index contributed by atoms with van der Waals surface area (Å²) in [5.41, 5.74) is 1.18. The van der Waals surface area contributed by atoms with Crippen LogP contribution in [0.4, 0.5) is 0 Å². The lowest BCUT2D eigenvalue weighted by atomic mass is 10.3. The molecule has 2 aromatic rings. The smallest absolute Gasteiger partial charge is 0.176 e. The van der Waals surface area contributed by atoms with E-state index >= 15 is 0 Å². The Morgan fingerprint density at radius 1 is 1.50 bits per heavy atom. The van der Waals surface area contributed by atoms with Gasteiger partial charge in [0.05, 0.1) is 0 Å². The Kier molecular flexibility index (Phi) is 3.94. The molecule has 0 aromatic carbocycles. The van der Waals surface area contributed by atoms with Gasteiger partial charge >= 0.3 is 0 Å². The fraction of sp³-hybridized carbons (Fsp3) is 0.300. The van der Waals surface area contributed by atoms with Crippen LogP contribution in [0.15, 0.2) is 26.1 Å². The highest BCUT2D eigenvalue weighted by Gasteiger charge is 2.06. The van der Waals surface area contributed by atoms with E-state index in [4.69, 9.17) is 0 Å². The van der Waals surface area contributed by atoms with Gasteiger partial charge in [-0.2, -0.15) is 4.37 Å². The van der Waals surface area contributed by atoms with Crippen LogP contribution in [0.3, 0.4) is 0 Å². The number of hydrogen-bond acceptors (Lipinski definition) is 5. The second kappa shape index (κ2) is 5.25. The second-order valence-electron chi connectivity index (χ2n) is 3.20. The van der Waals surface area contributed by atoms with Crippen molar-refractivity contribution in [2.24, 2.45) is 0 Å². The first-order valence-corrected chi connectivity index (χ1v) is 7.20. The summed E-state index contributed by atoms with van der Waals surface area (Å²) in [5.74, 6) is 0.904. The minimum Gasteiger partial charge on any atom is -0.248 e. The van der Waals surface area contributed by atoms with Crippen molar-refractivity contribution in [3.8, 4) is 0 Å². The molecule has 84 valence electrons. The first kappa shape index (κ1) is 12.0. The molecule has 0 radical (unpaired) electrons. The maximum absolute atomic E-state index is 4.39. The average Bonchev–Trinajstić information content (AvgIpc) is 2.71. The van der Waals surface area contributed by atoms with Gasteiger partial charge in [-0.15, -0.1) is 0 Å². The summed E-state index contributed by atoms with van der Waals surface area (Å²) in [7, 11) is 0. The van der Waals surface area contributed by atoms with Gasteiger partial charge in [-0.1, -0.05) is 6.92 Å². The van der Waals surface area contributed by atoms with E-state index in [0.29, 0.717) is 0 Å². The highest BCUT2D eigenvalue weighted by molar-refractivity contribution is 9.10. The average molecular weight is 316 g/mol. The number of aromatic nitrogens is 3. The largest absolute Gasteiger partial charge is 0.248 e. The summed E-state index contributed by atoms with van der Waals surface area (Å²) in [5, 5.41) is 0.958. The van der Waals surface area contributed by atoms with Crippen LogP contribution >= 0.6 is 39.2 Å². The van der Waals surface area contributed by atoms with Gasteiger partial charge in [-0.25, -0.2) is 9.97 Å². The van der Waals surface area contributed by atoms with E-state index < -0.39 is 0 Å². The number of pyridine rings is 1. The molecule has 0 amide bonds. The van der Waals surface area contributed by atoms with Crippen LogP contribution < -0.4 is 0 Å². The van der Waals surface area contributed by atoms with Gasteiger partial charge in [-0.05, 0) is 57.8 Å². The molecule has 0 saturated heterocycles. The monoisotopic (exact) mass is 315 g/mol. The summed E-state index contributed by atoms with van der Waals surface area (Å²) in [6, 6.07) is 2.04. The first-order valence-electron chi connectivity index (χ1n) is 4.81. The molecular weight excluding hydrogens is 306 g/mol. The van der Waals surface area contributed by atoms with Crippen molar-refractivity contribution < 1.29 is 0 Å². The zero-order chi connectivity index (χ0) is 11.5. The van der Waals surface area contributed by atoms with E-state index in [1.165, 1.54) is 17.1 Å². The Labute approximate surface area is 111 Å². The van der Waals surface area contributed by atoms with Crippen molar-refractivity contribution in [3.63, 3.8) is 0 Å². The van der Waals surface area contributed by atoms with Crippen LogP contribution in [0, 0.1) is 6.92 Å². The van der Waals surface area contributed by atoms with E-state index in [1.807, 2.05) is 19.2 Å². The summed E-state index contributed by atoms with van der Waals surface area (Å²) >= 11 is 6.42. The van der Waals surface area contributed by atoms with Crippen LogP contribution in [-0.4, -0.2) is 14.3 Å². The van der Waals surface area contributed by atoms with Crippen LogP contribution in [0.1, 0.15) is 18.3 Å². The topological polar surface area (TPSA) is 38.7 Å². The molecule has 0 saturated carbocycles. The minimum absolute atomic E-state index is 0.879. The standard InChI is InChI=1S/C10H10BrN3S2/c1-3-8-13-10(16-14-8)15-9-4-6(2)7(11)5-12-9/h4-5H,3H2,1-2H3. The zero-order valence-corrected chi connectivity index (χ0v) is 12.1. The maximum atomic E-state index is 4.39. The van der Waals surface area contributed by atoms with Gasteiger partial charge in [0, 0.05) is 17.1 Å². The lowest BCUT2D eigenvalue weighted by molar-refractivity contribution is 0.970. The molecule has 6 heteroatoms. The third-order valence-electron chi connectivity index (χ3n) is 1.98. The predicted octanol–water partition coefficient (Wildman–Crippen LogP) is 3.72. The van der Waals surface area contributed by atoms with Gasteiger partial charge in [0.15, 0.2) is 4.34 Å². The molecule has 2 heterocycles. The third-order valence-corrected chi connectivity index (χ3v) is 4.53. The molecule has 0 unspecified atom stereocenters. The molecule has 0 fully saturated rings. The van der Waals surface area contributed by atoms with Crippen molar-refractivity contribution in [1.82, 2.24) is 14.3 Å². The van der Waals surface area contributed by atoms with E-state index in [9.17, 15) is 0 Å². The molecule has 0 bridgehead atoms. The summed E-state index contributed by atoms with van der Waals surface area (Å²) in [4.78, 5) is 8.72. The Morgan fingerprint density at radius 2 is 2.31 bits per heavy atom. The van der Waals surface area contributed by atoms with Gasteiger partial charge in [-0.3, -0.25) is 0 Å². The Hall–Kier alpha value is -0.460. The van der Waals surface area contributed by atoms with Crippen molar-refractivity contribution in [2.75, 3.05) is 0 Å². The molecule has 0 spiro atoms. The van der Waals surface area contributed by atoms with Gasteiger partial charge in [0.25, 0.3) is 0 Å². The molecule has 2 rings (SSSR count). The van der Waals surface area contributed by atoms with E-state index in [0.717, 1.165) is 26.1 Å². The molecule has 0 atom stereocenters. The lowest BCUT2D eigenvalue weighted by Crippen LogP contribution is -1.84. The highest BCUT2D eigenvalue weighted by atomic mass is 79.9. The van der Waals surface area contributed by atoms with Crippen LogP contribution in [0.5, 0.6) is 0 Å². The van der Waals surface area contributed by atoms with Crippen LogP contribution in [-0.2, 0) is 6.42 Å². The maximum Gasteiger partial charge on any atom is 0.176 e. The fourth-order valence-corrected chi connectivity index (χ4v) is 2.99.